The number of benzene rings is 1. The zero-order valence-electron chi connectivity index (χ0n) is 11.6. The predicted octanol–water partition coefficient (Wildman–Crippen LogP) is 3.83. The minimum absolute atomic E-state index is 0.0190. The first-order valence-electron chi connectivity index (χ1n) is 7.04. The van der Waals surface area contributed by atoms with Gasteiger partial charge in [0.2, 0.25) is 0 Å². The van der Waals surface area contributed by atoms with E-state index >= 15 is 0 Å². The number of carbonyl (C=O) groups is 1. The van der Waals surface area contributed by atoms with Crippen molar-refractivity contribution >= 4 is 33.4 Å². The van der Waals surface area contributed by atoms with Crippen LogP contribution in [0.5, 0.6) is 0 Å². The van der Waals surface area contributed by atoms with E-state index in [1.54, 1.807) is 12.1 Å². The first-order chi connectivity index (χ1) is 9.52. The highest BCUT2D eigenvalue weighted by Crippen LogP contribution is 2.27. The number of nitrogens with zero attached hydrogens (tertiary/aromatic N) is 1. The van der Waals surface area contributed by atoms with Crippen LogP contribution in [0.25, 0.3) is 0 Å². The van der Waals surface area contributed by atoms with Gasteiger partial charge in [0.1, 0.15) is 0 Å². The number of hydrogen-bond donors (Lipinski definition) is 1. The summed E-state index contributed by atoms with van der Waals surface area (Å²) in [6.07, 6.45) is 3.94. The number of halogens is 2. The van der Waals surface area contributed by atoms with Crippen LogP contribution in [0.3, 0.4) is 0 Å². The summed E-state index contributed by atoms with van der Waals surface area (Å²) in [6, 6.07) is 5.97. The Labute approximate surface area is 133 Å². The molecule has 3 nitrogen and oxygen atoms in total. The fourth-order valence-electron chi connectivity index (χ4n) is 2.80. The molecular weight excluding hydrogens is 340 g/mol. The molecule has 0 atom stereocenters. The van der Waals surface area contributed by atoms with E-state index in [9.17, 15) is 4.79 Å². The second-order valence-electron chi connectivity index (χ2n) is 5.28. The van der Waals surface area contributed by atoms with Crippen molar-refractivity contribution in [1.82, 2.24) is 4.90 Å². The van der Waals surface area contributed by atoms with Crippen LogP contribution in [0.15, 0.2) is 22.7 Å². The average molecular weight is 360 g/mol. The molecule has 1 fully saturated rings. The number of hydrogen-bond acceptors (Lipinski definition) is 2. The van der Waals surface area contributed by atoms with Crippen molar-refractivity contribution in [3.63, 3.8) is 0 Å². The van der Waals surface area contributed by atoms with Gasteiger partial charge < -0.3 is 10.6 Å². The molecule has 0 radical (unpaired) electrons. The highest BCUT2D eigenvalue weighted by molar-refractivity contribution is 9.10. The smallest absolute Gasteiger partial charge is 0.255 e. The van der Waals surface area contributed by atoms with Gasteiger partial charge in [0.25, 0.3) is 5.91 Å². The van der Waals surface area contributed by atoms with E-state index in [1.807, 2.05) is 17.9 Å². The summed E-state index contributed by atoms with van der Waals surface area (Å²) in [5, 5.41) is 0.496. The Morgan fingerprint density at radius 2 is 2.05 bits per heavy atom. The highest BCUT2D eigenvalue weighted by Gasteiger charge is 2.28. The van der Waals surface area contributed by atoms with Crippen molar-refractivity contribution in [3.05, 3.63) is 33.3 Å². The predicted molar refractivity (Wildman–Crippen MR) is 86.1 cm³/mol. The molecule has 0 bridgehead atoms. The first-order valence-corrected chi connectivity index (χ1v) is 8.21. The van der Waals surface area contributed by atoms with Crippen LogP contribution < -0.4 is 5.73 Å². The lowest BCUT2D eigenvalue weighted by Gasteiger charge is -2.35. The van der Waals surface area contributed by atoms with Crippen molar-refractivity contribution in [2.45, 2.75) is 44.7 Å². The molecule has 20 heavy (non-hydrogen) atoms. The van der Waals surface area contributed by atoms with E-state index in [1.165, 1.54) is 0 Å². The summed E-state index contributed by atoms with van der Waals surface area (Å²) in [7, 11) is 0. The number of amides is 1. The van der Waals surface area contributed by atoms with Crippen LogP contribution >= 0.6 is 27.5 Å². The van der Waals surface area contributed by atoms with Crippen LogP contribution in [-0.4, -0.2) is 29.4 Å². The van der Waals surface area contributed by atoms with Gasteiger partial charge >= 0.3 is 0 Å². The van der Waals surface area contributed by atoms with E-state index in [4.69, 9.17) is 17.3 Å². The second kappa shape index (κ2) is 6.92. The van der Waals surface area contributed by atoms with Crippen LogP contribution in [-0.2, 0) is 0 Å². The van der Waals surface area contributed by atoms with Crippen molar-refractivity contribution < 1.29 is 4.79 Å². The average Bonchev–Trinajstić information content (AvgIpc) is 2.41. The van der Waals surface area contributed by atoms with Crippen molar-refractivity contribution in [3.8, 4) is 0 Å². The zero-order valence-corrected chi connectivity index (χ0v) is 14.0. The Hall–Kier alpha value is -0.580. The van der Waals surface area contributed by atoms with Gasteiger partial charge in [-0.3, -0.25) is 4.79 Å². The topological polar surface area (TPSA) is 46.3 Å². The Balaban J connectivity index is 2.16. The maximum atomic E-state index is 12.7. The standard InChI is InChI=1S/C15H20BrClN2O/c1-2-19(12-6-4-11(18)5-7-12)15(20)13-8-3-10(16)9-14(13)17/h3,8-9,11-12H,2,4-7,18H2,1H3. The summed E-state index contributed by atoms with van der Waals surface area (Å²) in [4.78, 5) is 14.6. The van der Waals surface area contributed by atoms with Gasteiger partial charge in [0, 0.05) is 23.1 Å². The van der Waals surface area contributed by atoms with Gasteiger partial charge in [0.05, 0.1) is 10.6 Å². The minimum atomic E-state index is 0.0190. The fourth-order valence-corrected chi connectivity index (χ4v) is 3.55. The molecule has 1 aliphatic carbocycles. The van der Waals surface area contributed by atoms with Crippen LogP contribution in [0.4, 0.5) is 0 Å². The van der Waals surface area contributed by atoms with Crippen molar-refractivity contribution in [1.29, 1.82) is 0 Å². The number of carbonyl (C=O) groups excluding carboxylic acids is 1. The zero-order chi connectivity index (χ0) is 14.7. The molecule has 2 rings (SSSR count). The van der Waals surface area contributed by atoms with E-state index in [0.717, 1.165) is 30.2 Å². The lowest BCUT2D eigenvalue weighted by Crippen LogP contribution is -2.44. The van der Waals surface area contributed by atoms with Gasteiger partial charge in [-0.1, -0.05) is 27.5 Å². The van der Waals surface area contributed by atoms with E-state index in [0.29, 0.717) is 17.1 Å². The molecule has 0 unspecified atom stereocenters. The Bertz CT molecular complexity index is 487. The molecule has 0 saturated heterocycles. The molecule has 1 amide bonds. The summed E-state index contributed by atoms with van der Waals surface area (Å²) in [5.41, 5.74) is 6.51. The molecule has 110 valence electrons. The Morgan fingerprint density at radius 1 is 1.40 bits per heavy atom. The van der Waals surface area contributed by atoms with Crippen molar-refractivity contribution in [2.75, 3.05) is 6.54 Å². The molecule has 1 saturated carbocycles. The lowest BCUT2D eigenvalue weighted by molar-refractivity contribution is 0.0641. The molecule has 1 aromatic rings. The quantitative estimate of drug-likeness (QED) is 0.891. The molecule has 0 heterocycles. The summed E-state index contributed by atoms with van der Waals surface area (Å²) in [6.45, 7) is 2.71. The van der Waals surface area contributed by atoms with Crippen LogP contribution in [0, 0.1) is 0 Å². The Morgan fingerprint density at radius 3 is 2.60 bits per heavy atom. The highest BCUT2D eigenvalue weighted by atomic mass is 79.9. The molecule has 2 N–H and O–H groups in total. The maximum Gasteiger partial charge on any atom is 0.255 e. The Kier molecular flexibility index (Phi) is 5.47. The third-order valence-corrected chi connectivity index (χ3v) is 4.75. The van der Waals surface area contributed by atoms with Gasteiger partial charge in [-0.25, -0.2) is 0 Å². The third-order valence-electron chi connectivity index (χ3n) is 3.95. The SMILES string of the molecule is CCN(C(=O)c1ccc(Br)cc1Cl)C1CCC(N)CC1. The summed E-state index contributed by atoms with van der Waals surface area (Å²) >= 11 is 9.55. The third kappa shape index (κ3) is 3.54. The fraction of sp³-hybridized carbons (Fsp3) is 0.533. The first kappa shape index (κ1) is 15.8. The second-order valence-corrected chi connectivity index (χ2v) is 6.61. The molecule has 0 aliphatic heterocycles. The van der Waals surface area contributed by atoms with Gasteiger partial charge in [-0.05, 0) is 50.8 Å². The van der Waals surface area contributed by atoms with Crippen molar-refractivity contribution in [2.24, 2.45) is 5.73 Å². The summed E-state index contributed by atoms with van der Waals surface area (Å²) in [5.74, 6) is 0.0190. The molecule has 0 aromatic heterocycles. The monoisotopic (exact) mass is 358 g/mol. The largest absolute Gasteiger partial charge is 0.336 e. The molecular formula is C15H20BrClN2O. The van der Waals surface area contributed by atoms with Gasteiger partial charge in [-0.2, -0.15) is 0 Å². The summed E-state index contributed by atoms with van der Waals surface area (Å²) < 4.78 is 0.880. The van der Waals surface area contributed by atoms with Gasteiger partial charge in [0.15, 0.2) is 0 Å². The minimum Gasteiger partial charge on any atom is -0.336 e. The molecule has 1 aliphatic rings. The van der Waals surface area contributed by atoms with E-state index in [-0.39, 0.29) is 18.0 Å². The van der Waals surface area contributed by atoms with Crippen LogP contribution in [0.1, 0.15) is 43.0 Å². The molecule has 5 heteroatoms. The lowest BCUT2D eigenvalue weighted by atomic mass is 9.90. The number of nitrogens with two attached hydrogens (primary N) is 1. The van der Waals surface area contributed by atoms with Crippen LogP contribution in [0.2, 0.25) is 5.02 Å². The normalized spacial score (nSPS) is 22.6. The molecule has 1 aromatic carbocycles. The van der Waals surface area contributed by atoms with E-state index in [2.05, 4.69) is 15.9 Å². The van der Waals surface area contributed by atoms with Gasteiger partial charge in [-0.15, -0.1) is 0 Å². The molecule has 0 spiro atoms. The maximum absolute atomic E-state index is 12.7. The number of rotatable bonds is 3. The van der Waals surface area contributed by atoms with E-state index < -0.39 is 0 Å².